The number of nitrogens with zero attached hydrogens (tertiary/aromatic N) is 1. The Hall–Kier alpha value is -1.06. The summed E-state index contributed by atoms with van der Waals surface area (Å²) in [5.41, 5.74) is 0. The van der Waals surface area contributed by atoms with Gasteiger partial charge in [-0.05, 0) is 31.1 Å². The molecule has 0 spiro atoms. The molecule has 1 N–H and O–H groups in total. The van der Waals surface area contributed by atoms with Crippen molar-refractivity contribution in [1.82, 2.24) is 4.90 Å². The number of hydrogen-bond acceptors (Lipinski definition) is 2. The van der Waals surface area contributed by atoms with Crippen LogP contribution in [0.5, 0.6) is 0 Å². The van der Waals surface area contributed by atoms with Crippen LogP contribution < -0.4 is 0 Å². The van der Waals surface area contributed by atoms with E-state index in [0.717, 1.165) is 25.9 Å². The smallest absolute Gasteiger partial charge is 0.303 e. The second kappa shape index (κ2) is 15.2. The molecular weight excluding hydrogens is 314 g/mol. The van der Waals surface area contributed by atoms with Crippen molar-refractivity contribution in [2.24, 2.45) is 11.8 Å². The van der Waals surface area contributed by atoms with Gasteiger partial charge < -0.3 is 10.0 Å². The Kier molecular flexibility index (Phi) is 14.6. The van der Waals surface area contributed by atoms with Crippen LogP contribution in [0.3, 0.4) is 0 Å². The summed E-state index contributed by atoms with van der Waals surface area (Å²) in [6.45, 7) is 10.5. The molecule has 0 bridgehead atoms. The predicted molar refractivity (Wildman–Crippen MR) is 105 cm³/mol. The van der Waals surface area contributed by atoms with Crippen LogP contribution >= 0.6 is 0 Å². The van der Waals surface area contributed by atoms with E-state index in [-0.39, 0.29) is 12.3 Å². The molecule has 0 aliphatic rings. The first-order valence-electron chi connectivity index (χ1n) is 10.5. The largest absolute Gasteiger partial charge is 0.481 e. The zero-order chi connectivity index (χ0) is 19.1. The Morgan fingerprint density at radius 1 is 0.800 bits per heavy atom. The Morgan fingerprint density at radius 2 is 1.28 bits per heavy atom. The van der Waals surface area contributed by atoms with E-state index in [4.69, 9.17) is 5.11 Å². The fourth-order valence-electron chi connectivity index (χ4n) is 3.29. The highest BCUT2D eigenvalue weighted by Crippen LogP contribution is 2.20. The van der Waals surface area contributed by atoms with E-state index in [9.17, 15) is 9.59 Å². The lowest BCUT2D eigenvalue weighted by Crippen LogP contribution is -2.39. The lowest BCUT2D eigenvalue weighted by molar-refractivity contribution is -0.137. The molecule has 0 heterocycles. The zero-order valence-electron chi connectivity index (χ0n) is 17.1. The van der Waals surface area contributed by atoms with Gasteiger partial charge in [0.15, 0.2) is 0 Å². The molecule has 25 heavy (non-hydrogen) atoms. The Bertz CT molecular complexity index is 339. The molecule has 2 atom stereocenters. The summed E-state index contributed by atoms with van der Waals surface area (Å²) in [4.78, 5) is 25.5. The van der Waals surface area contributed by atoms with Gasteiger partial charge in [-0.1, -0.05) is 66.2 Å². The Balaban J connectivity index is 4.81. The quantitative estimate of drug-likeness (QED) is 0.397. The minimum absolute atomic E-state index is 0.0830. The van der Waals surface area contributed by atoms with E-state index in [2.05, 4.69) is 32.6 Å². The molecule has 0 aromatic heterocycles. The molecule has 0 aromatic rings. The number of carboxylic acid groups (broad SMARTS) is 1. The molecule has 148 valence electrons. The van der Waals surface area contributed by atoms with Crippen molar-refractivity contribution in [3.63, 3.8) is 0 Å². The van der Waals surface area contributed by atoms with E-state index in [0.29, 0.717) is 24.7 Å². The second-order valence-corrected chi connectivity index (χ2v) is 7.38. The first kappa shape index (κ1) is 23.9. The fraction of sp³-hybridized carbons (Fsp3) is 0.905. The van der Waals surface area contributed by atoms with Gasteiger partial charge in [0.25, 0.3) is 0 Å². The van der Waals surface area contributed by atoms with Crippen LogP contribution in [0.1, 0.15) is 98.3 Å². The molecule has 0 aliphatic carbocycles. The van der Waals surface area contributed by atoms with Gasteiger partial charge in [0.1, 0.15) is 0 Å². The minimum atomic E-state index is -0.817. The average Bonchev–Trinajstić information content (AvgIpc) is 2.59. The third-order valence-corrected chi connectivity index (χ3v) is 5.18. The normalized spacial score (nSPS) is 13.4. The average molecular weight is 356 g/mol. The van der Waals surface area contributed by atoms with Gasteiger partial charge in [0, 0.05) is 25.9 Å². The van der Waals surface area contributed by atoms with E-state index in [1.807, 2.05) is 0 Å². The van der Waals surface area contributed by atoms with Crippen LogP contribution in [0.15, 0.2) is 0 Å². The summed E-state index contributed by atoms with van der Waals surface area (Å²) < 4.78 is 0. The van der Waals surface area contributed by atoms with Crippen LogP contribution in [0, 0.1) is 11.8 Å². The number of amides is 1. The molecule has 4 heteroatoms. The van der Waals surface area contributed by atoms with Crippen molar-refractivity contribution < 1.29 is 14.7 Å². The first-order valence-corrected chi connectivity index (χ1v) is 10.5. The molecular formula is C21H41NO3. The van der Waals surface area contributed by atoms with Crippen LogP contribution in [0.4, 0.5) is 0 Å². The number of carboxylic acids is 1. The van der Waals surface area contributed by atoms with Gasteiger partial charge in [0.05, 0.1) is 0 Å². The molecule has 0 aromatic carbocycles. The van der Waals surface area contributed by atoms with Crippen LogP contribution in [0.2, 0.25) is 0 Å². The summed E-state index contributed by atoms with van der Waals surface area (Å²) in [6.07, 6.45) is 10.3. The molecule has 4 nitrogen and oxygen atoms in total. The number of carbonyl (C=O) groups is 2. The van der Waals surface area contributed by atoms with Crippen molar-refractivity contribution in [1.29, 1.82) is 0 Å². The summed E-state index contributed by atoms with van der Waals surface area (Å²) >= 11 is 0. The monoisotopic (exact) mass is 355 g/mol. The maximum atomic E-state index is 12.7. The van der Waals surface area contributed by atoms with E-state index in [1.165, 1.54) is 38.5 Å². The molecule has 0 radical (unpaired) electrons. The van der Waals surface area contributed by atoms with Crippen molar-refractivity contribution in [3.05, 3.63) is 0 Å². The zero-order valence-corrected chi connectivity index (χ0v) is 17.1. The third-order valence-electron chi connectivity index (χ3n) is 5.18. The van der Waals surface area contributed by atoms with E-state index >= 15 is 0 Å². The summed E-state index contributed by atoms with van der Waals surface area (Å²) in [6, 6.07) is 0. The number of aliphatic carboxylic acids is 1. The van der Waals surface area contributed by atoms with Crippen LogP contribution in [-0.2, 0) is 9.59 Å². The van der Waals surface area contributed by atoms with E-state index < -0.39 is 5.97 Å². The second-order valence-electron chi connectivity index (χ2n) is 7.38. The Labute approximate surface area is 155 Å². The SMILES string of the molecule is CCCCC(CC)CN(CC(CC)CCCC)C(=O)CCCC(=O)O. The molecule has 0 saturated heterocycles. The number of hydrogen-bond donors (Lipinski definition) is 1. The minimum Gasteiger partial charge on any atom is -0.481 e. The van der Waals surface area contributed by atoms with Gasteiger partial charge in [-0.15, -0.1) is 0 Å². The van der Waals surface area contributed by atoms with Crippen molar-refractivity contribution >= 4 is 11.9 Å². The number of unbranched alkanes of at least 4 members (excludes halogenated alkanes) is 2. The van der Waals surface area contributed by atoms with Crippen molar-refractivity contribution in [2.75, 3.05) is 13.1 Å². The molecule has 0 aliphatic heterocycles. The van der Waals surface area contributed by atoms with Crippen LogP contribution in [-0.4, -0.2) is 35.0 Å². The van der Waals surface area contributed by atoms with Crippen molar-refractivity contribution in [3.8, 4) is 0 Å². The predicted octanol–water partition coefficient (Wildman–Crippen LogP) is 5.50. The summed E-state index contributed by atoms with van der Waals surface area (Å²) in [5, 5.41) is 8.80. The highest BCUT2D eigenvalue weighted by Gasteiger charge is 2.21. The maximum Gasteiger partial charge on any atom is 0.303 e. The molecule has 0 saturated carbocycles. The topological polar surface area (TPSA) is 57.6 Å². The fourth-order valence-corrected chi connectivity index (χ4v) is 3.29. The van der Waals surface area contributed by atoms with Gasteiger partial charge in [-0.3, -0.25) is 9.59 Å². The van der Waals surface area contributed by atoms with Crippen molar-refractivity contribution in [2.45, 2.75) is 98.3 Å². The highest BCUT2D eigenvalue weighted by molar-refractivity contribution is 5.77. The third kappa shape index (κ3) is 12.0. The number of rotatable bonds is 16. The van der Waals surface area contributed by atoms with Crippen LogP contribution in [0.25, 0.3) is 0 Å². The molecule has 2 unspecified atom stereocenters. The lowest BCUT2D eigenvalue weighted by Gasteiger charge is -2.31. The summed E-state index contributed by atoms with van der Waals surface area (Å²) in [5.74, 6) is 0.452. The maximum absolute atomic E-state index is 12.7. The van der Waals surface area contributed by atoms with Gasteiger partial charge in [-0.25, -0.2) is 0 Å². The molecule has 0 rings (SSSR count). The summed E-state index contributed by atoms with van der Waals surface area (Å²) in [7, 11) is 0. The standard InChI is InChI=1S/C21H41NO3/c1-5-9-12-18(7-3)16-22(17-19(8-4)13-10-6-2)20(23)14-11-15-21(24)25/h18-19H,5-17H2,1-4H3,(H,24,25). The van der Waals surface area contributed by atoms with Gasteiger partial charge >= 0.3 is 5.97 Å². The highest BCUT2D eigenvalue weighted by atomic mass is 16.4. The Morgan fingerprint density at radius 3 is 1.64 bits per heavy atom. The van der Waals surface area contributed by atoms with Gasteiger partial charge in [-0.2, -0.15) is 0 Å². The van der Waals surface area contributed by atoms with Gasteiger partial charge in [0.2, 0.25) is 5.91 Å². The first-order chi connectivity index (χ1) is 12.0. The molecule has 1 amide bonds. The van der Waals surface area contributed by atoms with E-state index in [1.54, 1.807) is 0 Å². The lowest BCUT2D eigenvalue weighted by atomic mass is 9.95. The number of carbonyl (C=O) groups excluding carboxylic acids is 1. The molecule has 0 fully saturated rings.